The van der Waals surface area contributed by atoms with E-state index in [1.54, 1.807) is 7.11 Å². The van der Waals surface area contributed by atoms with Crippen molar-refractivity contribution in [3.63, 3.8) is 0 Å². The minimum absolute atomic E-state index is 0.0391. The Morgan fingerprint density at radius 1 is 1.18 bits per heavy atom. The van der Waals surface area contributed by atoms with E-state index in [2.05, 4.69) is 37.3 Å². The van der Waals surface area contributed by atoms with Crippen molar-refractivity contribution < 1.29 is 14.3 Å². The summed E-state index contributed by atoms with van der Waals surface area (Å²) in [4.78, 5) is 11.7. The molecule has 2 fully saturated rings. The molecule has 0 spiro atoms. The molecule has 0 bridgehead atoms. The quantitative estimate of drug-likeness (QED) is 0.784. The van der Waals surface area contributed by atoms with E-state index in [4.69, 9.17) is 9.47 Å². The van der Waals surface area contributed by atoms with Crippen LogP contribution in [0.4, 0.5) is 0 Å². The maximum atomic E-state index is 11.7. The van der Waals surface area contributed by atoms with Crippen LogP contribution in [0.15, 0.2) is 36.4 Å². The summed E-state index contributed by atoms with van der Waals surface area (Å²) >= 11 is 0. The van der Waals surface area contributed by atoms with Gasteiger partial charge in [-0.05, 0) is 54.2 Å². The van der Waals surface area contributed by atoms with Crippen LogP contribution in [-0.4, -0.2) is 18.7 Å². The van der Waals surface area contributed by atoms with E-state index in [9.17, 15) is 4.79 Å². The van der Waals surface area contributed by atoms with Crippen molar-refractivity contribution in [3.8, 4) is 5.75 Å². The predicted octanol–water partition coefficient (Wildman–Crippen LogP) is 4.05. The highest BCUT2D eigenvalue weighted by Gasteiger charge is 2.53. The Morgan fingerprint density at radius 3 is 2.77 bits per heavy atom. The molecule has 1 saturated heterocycles. The Bertz CT molecular complexity index is 751. The molecule has 3 nitrogen and oxygen atoms in total. The Morgan fingerprint density at radius 2 is 1.95 bits per heavy atom. The summed E-state index contributed by atoms with van der Waals surface area (Å²) in [6.07, 6.45) is 2.62. The van der Waals surface area contributed by atoms with Gasteiger partial charge in [-0.2, -0.15) is 0 Å². The molecule has 2 aromatic carbocycles. The number of methoxy groups -OCH3 is 1. The second-order valence-electron chi connectivity index (χ2n) is 6.72. The first kappa shape index (κ1) is 13.6. The zero-order valence-corrected chi connectivity index (χ0v) is 13.0. The highest BCUT2D eigenvalue weighted by Crippen LogP contribution is 2.53. The van der Waals surface area contributed by atoms with E-state index in [-0.39, 0.29) is 11.6 Å². The third kappa shape index (κ3) is 1.99. The van der Waals surface area contributed by atoms with Gasteiger partial charge in [0.15, 0.2) is 0 Å². The van der Waals surface area contributed by atoms with E-state index in [0.717, 1.165) is 18.6 Å². The zero-order chi connectivity index (χ0) is 15.3. The largest absolute Gasteiger partial charge is 0.497 e. The smallest absolute Gasteiger partial charge is 0.306 e. The van der Waals surface area contributed by atoms with E-state index in [0.29, 0.717) is 18.3 Å². The van der Waals surface area contributed by atoms with E-state index >= 15 is 0 Å². The Labute approximate surface area is 130 Å². The minimum atomic E-state index is -0.253. The van der Waals surface area contributed by atoms with Gasteiger partial charge in [-0.1, -0.05) is 24.3 Å². The third-order valence-electron chi connectivity index (χ3n) is 5.45. The molecule has 1 aliphatic heterocycles. The number of hydrogen-bond donors (Lipinski definition) is 0. The van der Waals surface area contributed by atoms with Crippen LogP contribution in [-0.2, 0) is 9.53 Å². The van der Waals surface area contributed by atoms with Gasteiger partial charge < -0.3 is 9.47 Å². The van der Waals surface area contributed by atoms with Crippen LogP contribution < -0.4 is 4.74 Å². The first-order valence-corrected chi connectivity index (χ1v) is 7.89. The lowest BCUT2D eigenvalue weighted by atomic mass is 9.82. The lowest BCUT2D eigenvalue weighted by molar-refractivity contribution is -0.147. The molecule has 22 heavy (non-hydrogen) atoms. The number of esters is 1. The molecule has 3 heteroatoms. The van der Waals surface area contributed by atoms with Crippen molar-refractivity contribution >= 4 is 16.7 Å². The van der Waals surface area contributed by atoms with Crippen LogP contribution in [0.3, 0.4) is 0 Å². The van der Waals surface area contributed by atoms with Crippen LogP contribution >= 0.6 is 0 Å². The molecule has 0 aromatic heterocycles. The lowest BCUT2D eigenvalue weighted by Crippen LogP contribution is -2.27. The lowest BCUT2D eigenvalue weighted by Gasteiger charge is -2.24. The van der Waals surface area contributed by atoms with Crippen LogP contribution in [0, 0.1) is 5.92 Å². The van der Waals surface area contributed by atoms with Crippen LogP contribution in [0.2, 0.25) is 0 Å². The fourth-order valence-electron chi connectivity index (χ4n) is 4.22. The molecule has 2 aromatic rings. The number of fused-ring (bicyclic) bond motifs is 2. The third-order valence-corrected chi connectivity index (χ3v) is 5.45. The number of rotatable bonds is 2. The van der Waals surface area contributed by atoms with Gasteiger partial charge in [-0.25, -0.2) is 0 Å². The summed E-state index contributed by atoms with van der Waals surface area (Å²) in [5.41, 5.74) is 1.07. The van der Waals surface area contributed by atoms with Gasteiger partial charge in [0.05, 0.1) is 13.5 Å². The SMILES string of the molecule is COc1ccc2cc(C3CCC4(C)OC(=O)CC34)ccc2c1. The molecule has 0 radical (unpaired) electrons. The summed E-state index contributed by atoms with van der Waals surface area (Å²) < 4.78 is 10.9. The van der Waals surface area contributed by atoms with Gasteiger partial charge in [0, 0.05) is 5.92 Å². The molecule has 1 heterocycles. The summed E-state index contributed by atoms with van der Waals surface area (Å²) in [5.74, 6) is 1.57. The molecule has 4 rings (SSSR count). The minimum Gasteiger partial charge on any atom is -0.497 e. The maximum Gasteiger partial charge on any atom is 0.306 e. The zero-order valence-electron chi connectivity index (χ0n) is 13.0. The van der Waals surface area contributed by atoms with Gasteiger partial charge >= 0.3 is 5.97 Å². The average Bonchev–Trinajstić information content (AvgIpc) is 2.97. The van der Waals surface area contributed by atoms with Gasteiger partial charge in [0.2, 0.25) is 0 Å². The summed E-state index contributed by atoms with van der Waals surface area (Å²) in [7, 11) is 1.69. The number of ether oxygens (including phenoxy) is 2. The van der Waals surface area contributed by atoms with Crippen LogP contribution in [0.1, 0.15) is 37.7 Å². The molecule has 0 N–H and O–H groups in total. The van der Waals surface area contributed by atoms with Gasteiger partial charge in [0.1, 0.15) is 11.4 Å². The highest BCUT2D eigenvalue weighted by atomic mass is 16.6. The summed E-state index contributed by atoms with van der Waals surface area (Å²) in [5, 5.41) is 2.40. The first-order valence-electron chi connectivity index (χ1n) is 7.89. The molecule has 1 saturated carbocycles. The number of carbonyl (C=O) groups excluding carboxylic acids is 1. The van der Waals surface area contributed by atoms with Gasteiger partial charge in [0.25, 0.3) is 0 Å². The maximum absolute atomic E-state index is 11.7. The number of hydrogen-bond acceptors (Lipinski definition) is 3. The number of benzene rings is 2. The second-order valence-corrected chi connectivity index (χ2v) is 6.72. The van der Waals surface area contributed by atoms with Crippen LogP contribution in [0.25, 0.3) is 10.8 Å². The monoisotopic (exact) mass is 296 g/mol. The van der Waals surface area contributed by atoms with E-state index < -0.39 is 0 Å². The molecule has 3 atom stereocenters. The molecule has 1 aliphatic carbocycles. The first-order chi connectivity index (χ1) is 10.6. The van der Waals surface area contributed by atoms with Crippen molar-refractivity contribution in [2.24, 2.45) is 5.92 Å². The van der Waals surface area contributed by atoms with Crippen molar-refractivity contribution in [2.45, 2.75) is 37.7 Å². The van der Waals surface area contributed by atoms with Gasteiger partial charge in [-0.3, -0.25) is 4.79 Å². The van der Waals surface area contributed by atoms with Crippen molar-refractivity contribution in [2.75, 3.05) is 7.11 Å². The second kappa shape index (κ2) is 4.73. The fraction of sp³-hybridized carbons (Fsp3) is 0.421. The van der Waals surface area contributed by atoms with Crippen molar-refractivity contribution in [3.05, 3.63) is 42.0 Å². The van der Waals surface area contributed by atoms with E-state index in [1.165, 1.54) is 16.3 Å². The fourth-order valence-corrected chi connectivity index (χ4v) is 4.22. The molecular weight excluding hydrogens is 276 g/mol. The van der Waals surface area contributed by atoms with Crippen molar-refractivity contribution in [1.29, 1.82) is 0 Å². The normalized spacial score (nSPS) is 30.4. The summed E-state index contributed by atoms with van der Waals surface area (Å²) in [6, 6.07) is 12.8. The van der Waals surface area contributed by atoms with Crippen LogP contribution in [0.5, 0.6) is 5.75 Å². The topological polar surface area (TPSA) is 35.5 Å². The highest BCUT2D eigenvalue weighted by molar-refractivity contribution is 5.84. The Hall–Kier alpha value is -2.03. The van der Waals surface area contributed by atoms with Crippen molar-refractivity contribution in [1.82, 2.24) is 0 Å². The Balaban J connectivity index is 1.71. The van der Waals surface area contributed by atoms with Gasteiger partial charge in [-0.15, -0.1) is 0 Å². The molecule has 2 aliphatic rings. The number of carbonyl (C=O) groups is 1. The molecule has 114 valence electrons. The molecular formula is C19H20O3. The summed E-state index contributed by atoms with van der Waals surface area (Å²) in [6.45, 7) is 2.09. The standard InChI is InChI=1S/C19H20O3/c1-19-8-7-16(17(19)11-18(20)22-19)14-4-3-13-10-15(21-2)6-5-12(13)9-14/h3-6,9-10,16-17H,7-8,11H2,1-2H3. The molecule has 0 amide bonds. The predicted molar refractivity (Wildman–Crippen MR) is 85.1 cm³/mol. The Kier molecular flexibility index (Phi) is 2.93. The van der Waals surface area contributed by atoms with E-state index in [1.807, 2.05) is 6.07 Å². The average molecular weight is 296 g/mol. The molecule has 3 unspecified atom stereocenters.